The summed E-state index contributed by atoms with van der Waals surface area (Å²) in [6.45, 7) is 1.18. The van der Waals surface area contributed by atoms with E-state index in [2.05, 4.69) is 10.6 Å². The van der Waals surface area contributed by atoms with Crippen molar-refractivity contribution in [2.75, 3.05) is 11.9 Å². The quantitative estimate of drug-likeness (QED) is 0.482. The van der Waals surface area contributed by atoms with Crippen LogP contribution in [-0.4, -0.2) is 24.9 Å². The third-order valence-corrected chi connectivity index (χ3v) is 4.02. The van der Waals surface area contributed by atoms with E-state index < -0.39 is 88.9 Å². The molecule has 2 rings (SSSR count). The Balaban J connectivity index is 2.24. The van der Waals surface area contributed by atoms with E-state index in [4.69, 9.17) is 5.73 Å². The molecule has 4 N–H and O–H groups in total. The van der Waals surface area contributed by atoms with Crippen LogP contribution in [0.5, 0.6) is 0 Å². The lowest BCUT2D eigenvalue weighted by molar-refractivity contribution is 0.205. The second-order valence-corrected chi connectivity index (χ2v) is 6.42. The smallest absolute Gasteiger partial charge is 0.185 e. The predicted octanol–water partition coefficient (Wildman–Crippen LogP) is 4.21. The Morgan fingerprint density at radius 2 is 1.36 bits per heavy atom. The number of allylic oxidation sites excluding steroid dienone is 3. The molecular formula is C17H17F8N3. The third kappa shape index (κ3) is 3.94. The minimum absolute atomic E-state index is 0.529. The average molecular weight is 415 g/mol. The topological polar surface area (TPSA) is 50.1 Å². The molecule has 0 aliphatic heterocycles. The Labute approximate surface area is 155 Å². The van der Waals surface area contributed by atoms with Crippen molar-refractivity contribution in [3.63, 3.8) is 0 Å². The van der Waals surface area contributed by atoms with Gasteiger partial charge in [0.05, 0.1) is 5.70 Å². The van der Waals surface area contributed by atoms with Gasteiger partial charge in [-0.25, -0.2) is 35.1 Å². The Hall–Kier alpha value is -2.30. The summed E-state index contributed by atoms with van der Waals surface area (Å²) in [4.78, 5) is 0. The van der Waals surface area contributed by atoms with Gasteiger partial charge in [0.2, 0.25) is 0 Å². The number of anilines is 1. The van der Waals surface area contributed by atoms with Gasteiger partial charge in [0.25, 0.3) is 0 Å². The molecule has 1 aromatic rings. The van der Waals surface area contributed by atoms with Gasteiger partial charge in [0.15, 0.2) is 47.3 Å². The fourth-order valence-corrected chi connectivity index (χ4v) is 2.59. The van der Waals surface area contributed by atoms with Crippen LogP contribution >= 0.6 is 0 Å². The highest BCUT2D eigenvalue weighted by atomic mass is 19.2. The molecule has 0 heterocycles. The zero-order chi connectivity index (χ0) is 21.3. The molecular weight excluding hydrogens is 398 g/mol. The minimum atomic E-state index is -2.64. The first-order valence-electron chi connectivity index (χ1n) is 8.13. The Morgan fingerprint density at radius 3 is 1.86 bits per heavy atom. The number of hydrogen-bond acceptors (Lipinski definition) is 3. The molecule has 1 aliphatic rings. The zero-order valence-electron chi connectivity index (χ0n) is 14.7. The van der Waals surface area contributed by atoms with Crippen LogP contribution in [0.4, 0.5) is 40.8 Å². The van der Waals surface area contributed by atoms with Gasteiger partial charge in [0, 0.05) is 30.3 Å². The van der Waals surface area contributed by atoms with Crippen LogP contribution in [0.1, 0.15) is 19.4 Å². The zero-order valence-corrected chi connectivity index (χ0v) is 14.7. The summed E-state index contributed by atoms with van der Waals surface area (Å²) in [5, 5.41) is 4.34. The molecule has 0 saturated heterocycles. The van der Waals surface area contributed by atoms with Crippen molar-refractivity contribution in [1.29, 1.82) is 0 Å². The number of alkyl halides is 2. The van der Waals surface area contributed by atoms with Crippen molar-refractivity contribution in [1.82, 2.24) is 5.32 Å². The van der Waals surface area contributed by atoms with Crippen molar-refractivity contribution in [3.05, 3.63) is 51.8 Å². The van der Waals surface area contributed by atoms with E-state index in [0.717, 1.165) is 0 Å². The van der Waals surface area contributed by atoms with E-state index in [-0.39, 0.29) is 0 Å². The third-order valence-electron chi connectivity index (χ3n) is 4.02. The molecule has 11 heteroatoms. The van der Waals surface area contributed by atoms with Gasteiger partial charge in [-0.05, 0) is 13.8 Å². The second kappa shape index (κ2) is 8.38. The summed E-state index contributed by atoms with van der Waals surface area (Å²) in [7, 11) is 0. The van der Waals surface area contributed by atoms with Crippen LogP contribution in [0.3, 0.4) is 0 Å². The van der Waals surface area contributed by atoms with Crippen molar-refractivity contribution in [2.24, 2.45) is 5.73 Å². The molecule has 0 radical (unpaired) electrons. The van der Waals surface area contributed by atoms with E-state index in [1.807, 2.05) is 0 Å². The lowest BCUT2D eigenvalue weighted by Crippen LogP contribution is -2.35. The SMILES string of the molecule is CC(C)Nc1c(F)c(F)c(CNCC2=C(F)C(F)=C(N)C(F)C2F)c(F)c1F. The van der Waals surface area contributed by atoms with Gasteiger partial charge in [-0.1, -0.05) is 0 Å². The van der Waals surface area contributed by atoms with Gasteiger partial charge in [-0.15, -0.1) is 0 Å². The molecule has 0 amide bonds. The highest BCUT2D eigenvalue weighted by Gasteiger charge is 2.37. The number of benzene rings is 1. The van der Waals surface area contributed by atoms with Crippen LogP contribution in [0.2, 0.25) is 0 Å². The molecule has 3 nitrogen and oxygen atoms in total. The summed E-state index contributed by atoms with van der Waals surface area (Å²) < 4.78 is 111. The van der Waals surface area contributed by atoms with E-state index in [0.29, 0.717) is 0 Å². The fraction of sp³-hybridized carbons (Fsp3) is 0.412. The number of hydrogen-bond donors (Lipinski definition) is 3. The van der Waals surface area contributed by atoms with Gasteiger partial charge in [-0.3, -0.25) is 0 Å². The molecule has 0 spiro atoms. The Morgan fingerprint density at radius 1 is 0.821 bits per heavy atom. The molecule has 2 atom stereocenters. The first-order chi connectivity index (χ1) is 13.0. The second-order valence-electron chi connectivity index (χ2n) is 6.42. The number of nitrogens with two attached hydrogens (primary N) is 1. The first-order valence-corrected chi connectivity index (χ1v) is 8.13. The maximum atomic E-state index is 14.1. The summed E-state index contributed by atoms with van der Waals surface area (Å²) in [5.74, 6) is -10.3. The number of rotatable bonds is 6. The maximum absolute atomic E-state index is 14.1. The van der Waals surface area contributed by atoms with Crippen LogP contribution in [0.25, 0.3) is 0 Å². The van der Waals surface area contributed by atoms with E-state index in [1.54, 1.807) is 0 Å². The van der Waals surface area contributed by atoms with Crippen LogP contribution < -0.4 is 16.4 Å². The van der Waals surface area contributed by atoms with Crippen LogP contribution in [0, 0.1) is 23.3 Å². The molecule has 1 aliphatic carbocycles. The van der Waals surface area contributed by atoms with Crippen molar-refractivity contribution >= 4 is 5.69 Å². The molecule has 156 valence electrons. The lowest BCUT2D eigenvalue weighted by Gasteiger charge is -2.23. The van der Waals surface area contributed by atoms with E-state index in [1.165, 1.54) is 13.8 Å². The summed E-state index contributed by atoms with van der Waals surface area (Å²) in [6, 6.07) is -0.529. The van der Waals surface area contributed by atoms with Crippen LogP contribution in [-0.2, 0) is 6.54 Å². The highest BCUT2D eigenvalue weighted by Crippen LogP contribution is 2.34. The van der Waals surface area contributed by atoms with Crippen molar-refractivity contribution < 1.29 is 35.1 Å². The lowest BCUT2D eigenvalue weighted by atomic mass is 9.97. The molecule has 0 aromatic heterocycles. The van der Waals surface area contributed by atoms with Gasteiger partial charge >= 0.3 is 0 Å². The minimum Gasteiger partial charge on any atom is -0.397 e. The average Bonchev–Trinajstić information content (AvgIpc) is 2.65. The molecule has 0 bridgehead atoms. The van der Waals surface area contributed by atoms with E-state index >= 15 is 0 Å². The largest absolute Gasteiger partial charge is 0.397 e. The maximum Gasteiger partial charge on any atom is 0.185 e. The number of nitrogens with one attached hydrogen (secondary N) is 2. The Kier molecular flexibility index (Phi) is 6.58. The highest BCUT2D eigenvalue weighted by molar-refractivity contribution is 5.50. The van der Waals surface area contributed by atoms with Crippen molar-refractivity contribution in [3.8, 4) is 0 Å². The fourth-order valence-electron chi connectivity index (χ4n) is 2.59. The van der Waals surface area contributed by atoms with Crippen molar-refractivity contribution in [2.45, 2.75) is 38.8 Å². The van der Waals surface area contributed by atoms with Gasteiger partial charge in [-0.2, -0.15) is 0 Å². The predicted molar refractivity (Wildman–Crippen MR) is 87.0 cm³/mol. The first kappa shape index (κ1) is 22.0. The standard InChI is InChI=1S/C17H17F8N3/c1-5(2)28-17-14(24)10(20)7(11(21)15(17)25)4-27-3-6-8(18)12(22)16(26)13(23)9(6)19/h5,8,12,27-28H,3-4,26H2,1-2H3. The monoisotopic (exact) mass is 415 g/mol. The normalized spacial score (nSPS) is 20.4. The molecule has 0 fully saturated rings. The molecule has 1 aromatic carbocycles. The van der Waals surface area contributed by atoms with Gasteiger partial charge < -0.3 is 16.4 Å². The van der Waals surface area contributed by atoms with Crippen LogP contribution in [0.15, 0.2) is 22.9 Å². The Bertz CT molecular complexity index is 805. The van der Waals surface area contributed by atoms with E-state index in [9.17, 15) is 35.1 Å². The summed E-state index contributed by atoms with van der Waals surface area (Å²) >= 11 is 0. The summed E-state index contributed by atoms with van der Waals surface area (Å²) in [5.41, 5.74) is 0.573. The molecule has 28 heavy (non-hydrogen) atoms. The molecule has 0 saturated carbocycles. The molecule has 2 unspecified atom stereocenters. The van der Waals surface area contributed by atoms with Gasteiger partial charge in [0.1, 0.15) is 5.69 Å². The number of halogens is 8. The summed E-state index contributed by atoms with van der Waals surface area (Å²) in [6.07, 6.45) is -5.27.